The lowest BCUT2D eigenvalue weighted by molar-refractivity contribution is -0.170. The van der Waals surface area contributed by atoms with Crippen molar-refractivity contribution in [2.45, 2.75) is 110 Å². The first-order valence-electron chi connectivity index (χ1n) is 18.5. The minimum atomic E-state index is 0.135. The largest absolute Gasteiger partial charge is 0.377 e. The second-order valence-corrected chi connectivity index (χ2v) is 15.2. The molecular weight excluding hydrogens is 560 g/mol. The number of hydrogen-bond donors (Lipinski definition) is 3. The highest BCUT2D eigenvalue weighted by molar-refractivity contribution is 5.14. The summed E-state index contributed by atoms with van der Waals surface area (Å²) in [7, 11) is 2.26. The van der Waals surface area contributed by atoms with Gasteiger partial charge in [-0.25, -0.2) is 0 Å². The van der Waals surface area contributed by atoms with Crippen LogP contribution in [0.2, 0.25) is 0 Å². The molecular formula is C38H68N4O3. The van der Waals surface area contributed by atoms with Crippen LogP contribution in [-0.2, 0) is 20.8 Å². The monoisotopic (exact) mass is 629 g/mol. The van der Waals surface area contributed by atoms with Crippen molar-refractivity contribution in [1.82, 2.24) is 4.90 Å². The van der Waals surface area contributed by atoms with E-state index >= 15 is 0 Å². The Labute approximate surface area is 275 Å². The van der Waals surface area contributed by atoms with E-state index in [-0.39, 0.29) is 23.7 Å². The van der Waals surface area contributed by atoms with E-state index in [0.717, 1.165) is 38.8 Å². The summed E-state index contributed by atoms with van der Waals surface area (Å²) in [6.07, 6.45) is 12.7. The smallest absolute Gasteiger partial charge is 0.0637 e. The number of hydrogen-bond acceptors (Lipinski definition) is 7. The van der Waals surface area contributed by atoms with E-state index in [1.54, 1.807) is 0 Å². The molecule has 0 spiro atoms. The Kier molecular flexibility index (Phi) is 15.1. The van der Waals surface area contributed by atoms with Crippen molar-refractivity contribution < 1.29 is 14.2 Å². The number of nitrogens with two attached hydrogens (primary N) is 3. The van der Waals surface area contributed by atoms with Crippen LogP contribution in [-0.4, -0.2) is 76.3 Å². The molecule has 1 aromatic rings. The SMILES string of the molecule is CC1C[C@H](OCCN)CCC[C@H]2C[C@H](OCCN)C3(C)C([C@H](C)CCCN(C)Cc4ccccc4)CC[C@H]3C2[C@H](OCCN)C1. The van der Waals surface area contributed by atoms with Gasteiger partial charge in [0.1, 0.15) is 0 Å². The minimum absolute atomic E-state index is 0.135. The number of nitrogens with zero attached hydrogens (tertiary/aromatic N) is 1. The zero-order chi connectivity index (χ0) is 32.2. The lowest BCUT2D eigenvalue weighted by atomic mass is 9.52. The standard InChI is InChI=1S/C38H68N4O3/c1-28-24-32(43-21-17-39)14-8-13-31-26-36(45-23-19-41)38(3)33(15-16-34(38)37(31)35(25-28)44-22-18-40)29(2)10-9-20-42(4)27-30-11-6-5-7-12-30/h5-7,11-12,28-29,31-37H,8-10,13-27,39-41H2,1-4H3/t28?,29-,31+,32-,33?,34+,35-,36+,37?,38?/m1/s1. The molecule has 7 heteroatoms. The van der Waals surface area contributed by atoms with Crippen LogP contribution in [0, 0.1) is 40.9 Å². The predicted molar refractivity (Wildman–Crippen MR) is 186 cm³/mol. The maximum atomic E-state index is 6.79. The number of rotatable bonds is 16. The van der Waals surface area contributed by atoms with Crippen LogP contribution in [0.1, 0.15) is 90.5 Å². The average Bonchev–Trinajstić information content (AvgIpc) is 3.38. The van der Waals surface area contributed by atoms with E-state index < -0.39 is 0 Å². The molecule has 3 fully saturated rings. The molecule has 3 aliphatic rings. The second kappa shape index (κ2) is 18.5. The summed E-state index contributed by atoms with van der Waals surface area (Å²) < 4.78 is 19.8. The van der Waals surface area contributed by atoms with Gasteiger partial charge in [-0.3, -0.25) is 0 Å². The highest BCUT2D eigenvalue weighted by Crippen LogP contribution is 2.63. The van der Waals surface area contributed by atoms with Gasteiger partial charge >= 0.3 is 0 Å². The fourth-order valence-electron chi connectivity index (χ4n) is 10.1. The number of fused-ring (bicyclic) bond motifs is 3. The third kappa shape index (κ3) is 9.74. The highest BCUT2D eigenvalue weighted by Gasteiger charge is 2.61. The number of ether oxygens (including phenoxy) is 3. The Morgan fingerprint density at radius 3 is 2.33 bits per heavy atom. The molecule has 0 aromatic heterocycles. The van der Waals surface area contributed by atoms with Gasteiger partial charge in [-0.2, -0.15) is 0 Å². The average molecular weight is 629 g/mol. The molecule has 4 rings (SSSR count). The maximum absolute atomic E-state index is 6.79. The molecule has 0 heterocycles. The highest BCUT2D eigenvalue weighted by atomic mass is 16.5. The van der Waals surface area contributed by atoms with Gasteiger partial charge < -0.3 is 36.3 Å². The molecule has 0 bridgehead atoms. The van der Waals surface area contributed by atoms with E-state index in [9.17, 15) is 0 Å². The van der Waals surface area contributed by atoms with Gasteiger partial charge in [0.15, 0.2) is 0 Å². The topological polar surface area (TPSA) is 109 Å². The van der Waals surface area contributed by atoms with Crippen LogP contribution in [0.5, 0.6) is 0 Å². The van der Waals surface area contributed by atoms with E-state index in [0.29, 0.717) is 75.0 Å². The first kappa shape index (κ1) is 36.8. The van der Waals surface area contributed by atoms with E-state index in [1.807, 2.05) is 0 Å². The van der Waals surface area contributed by atoms with Gasteiger partial charge in [0.2, 0.25) is 0 Å². The Balaban J connectivity index is 1.51. The molecule has 10 atom stereocenters. The molecule has 0 saturated heterocycles. The first-order chi connectivity index (χ1) is 21.8. The molecule has 0 aliphatic heterocycles. The van der Waals surface area contributed by atoms with Crippen molar-refractivity contribution in [1.29, 1.82) is 0 Å². The van der Waals surface area contributed by atoms with Crippen LogP contribution >= 0.6 is 0 Å². The zero-order valence-corrected chi connectivity index (χ0v) is 29.2. The van der Waals surface area contributed by atoms with Gasteiger partial charge in [-0.1, -0.05) is 57.5 Å². The van der Waals surface area contributed by atoms with Crippen LogP contribution in [0.4, 0.5) is 0 Å². The van der Waals surface area contributed by atoms with Crippen LogP contribution in [0.15, 0.2) is 30.3 Å². The molecule has 0 radical (unpaired) electrons. The summed E-state index contributed by atoms with van der Waals surface area (Å²) in [5.41, 5.74) is 19.4. The minimum Gasteiger partial charge on any atom is -0.377 e. The molecule has 3 aliphatic carbocycles. The summed E-state index contributed by atoms with van der Waals surface area (Å²) in [5, 5.41) is 0. The lowest BCUT2D eigenvalue weighted by Crippen LogP contribution is -2.56. The summed E-state index contributed by atoms with van der Waals surface area (Å²) in [6, 6.07) is 10.8. The van der Waals surface area contributed by atoms with Crippen LogP contribution < -0.4 is 17.2 Å². The summed E-state index contributed by atoms with van der Waals surface area (Å²) >= 11 is 0. The van der Waals surface area contributed by atoms with E-state index in [2.05, 4.69) is 63.1 Å². The molecule has 7 nitrogen and oxygen atoms in total. The summed E-state index contributed by atoms with van der Waals surface area (Å²) in [4.78, 5) is 2.48. The second-order valence-electron chi connectivity index (χ2n) is 15.2. The summed E-state index contributed by atoms with van der Waals surface area (Å²) in [6.45, 7) is 13.4. The third-order valence-electron chi connectivity index (χ3n) is 12.0. The molecule has 45 heavy (non-hydrogen) atoms. The third-order valence-corrected chi connectivity index (χ3v) is 12.0. The molecule has 3 saturated carbocycles. The van der Waals surface area contributed by atoms with Gasteiger partial charge in [0, 0.05) is 31.6 Å². The fraction of sp³-hybridized carbons (Fsp3) is 0.842. The maximum Gasteiger partial charge on any atom is 0.0637 e. The first-order valence-corrected chi connectivity index (χ1v) is 18.5. The Hall–Kier alpha value is -1.06. The van der Waals surface area contributed by atoms with Gasteiger partial charge in [-0.05, 0) is 112 Å². The Bertz CT molecular complexity index is 952. The Morgan fingerprint density at radius 2 is 1.60 bits per heavy atom. The molecule has 4 unspecified atom stereocenters. The van der Waals surface area contributed by atoms with Crippen LogP contribution in [0.3, 0.4) is 0 Å². The van der Waals surface area contributed by atoms with Crippen molar-refractivity contribution in [3.05, 3.63) is 35.9 Å². The normalized spacial score (nSPS) is 34.8. The van der Waals surface area contributed by atoms with E-state index in [4.69, 9.17) is 31.4 Å². The van der Waals surface area contributed by atoms with Gasteiger partial charge in [0.05, 0.1) is 38.1 Å². The summed E-state index contributed by atoms with van der Waals surface area (Å²) in [5.74, 6) is 3.60. The van der Waals surface area contributed by atoms with Gasteiger partial charge in [0.25, 0.3) is 0 Å². The predicted octanol–water partition coefficient (Wildman–Crippen LogP) is 5.84. The quantitative estimate of drug-likeness (QED) is 0.211. The molecule has 0 amide bonds. The van der Waals surface area contributed by atoms with Crippen molar-refractivity contribution in [2.75, 3.05) is 53.0 Å². The molecule has 6 N–H and O–H groups in total. The van der Waals surface area contributed by atoms with Crippen LogP contribution in [0.25, 0.3) is 0 Å². The number of benzene rings is 1. The molecule has 1 aromatic carbocycles. The Morgan fingerprint density at radius 1 is 0.889 bits per heavy atom. The van der Waals surface area contributed by atoms with Crippen molar-refractivity contribution in [3.8, 4) is 0 Å². The molecule has 258 valence electrons. The van der Waals surface area contributed by atoms with E-state index in [1.165, 1.54) is 44.1 Å². The van der Waals surface area contributed by atoms with Gasteiger partial charge in [-0.15, -0.1) is 0 Å². The zero-order valence-electron chi connectivity index (χ0n) is 29.2. The van der Waals surface area contributed by atoms with Crippen molar-refractivity contribution >= 4 is 0 Å². The lowest BCUT2D eigenvalue weighted by Gasteiger charge is -2.56. The van der Waals surface area contributed by atoms with Crippen molar-refractivity contribution in [2.24, 2.45) is 58.1 Å². The van der Waals surface area contributed by atoms with Crippen molar-refractivity contribution in [3.63, 3.8) is 0 Å². The fourth-order valence-corrected chi connectivity index (χ4v) is 10.1.